The van der Waals surface area contributed by atoms with Gasteiger partial charge in [0.2, 0.25) is 11.8 Å². The van der Waals surface area contributed by atoms with Crippen LogP contribution in [0.1, 0.15) is 13.8 Å². The minimum absolute atomic E-state index is 0.377. The molecule has 0 saturated carbocycles. The van der Waals surface area contributed by atoms with Gasteiger partial charge in [0.05, 0.1) is 5.69 Å². The van der Waals surface area contributed by atoms with Crippen LogP contribution >= 0.6 is 11.6 Å². The van der Waals surface area contributed by atoms with Crippen molar-refractivity contribution in [3.8, 4) is 0 Å². The van der Waals surface area contributed by atoms with Crippen molar-refractivity contribution in [3.05, 3.63) is 29.3 Å². The lowest BCUT2D eigenvalue weighted by atomic mass is 9.88. The minimum Gasteiger partial charge on any atom is -0.276 e. The highest BCUT2D eigenvalue weighted by molar-refractivity contribution is 6.31. The number of hydrogen-bond acceptors (Lipinski definition) is 3. The molecular weight excluding hydrogens is 256 g/mol. The Balaban J connectivity index is 2.43. The van der Waals surface area contributed by atoms with E-state index in [9.17, 15) is 14.4 Å². The van der Waals surface area contributed by atoms with Crippen LogP contribution in [0.3, 0.4) is 0 Å². The molecule has 1 heterocycles. The minimum atomic E-state index is -1.27. The first-order chi connectivity index (χ1) is 8.34. The Labute approximate surface area is 109 Å². The first kappa shape index (κ1) is 12.6. The number of carbonyl (C=O) groups is 3. The van der Waals surface area contributed by atoms with Crippen LogP contribution < -0.4 is 10.2 Å². The maximum Gasteiger partial charge on any atom is 0.335 e. The average Bonchev–Trinajstić information content (AvgIpc) is 2.30. The lowest BCUT2D eigenvalue weighted by Gasteiger charge is -2.34. The summed E-state index contributed by atoms with van der Waals surface area (Å²) in [7, 11) is 0. The van der Waals surface area contributed by atoms with Crippen LogP contribution in [0.15, 0.2) is 24.3 Å². The molecule has 1 aliphatic heterocycles. The zero-order chi connectivity index (χ0) is 13.5. The SMILES string of the molecule is CC1(C)C(=O)NC(=O)N(c2ccc(Cl)cc2)C1=O. The van der Waals surface area contributed by atoms with Crippen LogP contribution in [0.5, 0.6) is 0 Å². The molecule has 0 aromatic heterocycles. The summed E-state index contributed by atoms with van der Waals surface area (Å²) in [6.45, 7) is 2.94. The van der Waals surface area contributed by atoms with Crippen molar-refractivity contribution >= 4 is 35.1 Å². The fourth-order valence-corrected chi connectivity index (χ4v) is 1.73. The number of benzene rings is 1. The van der Waals surface area contributed by atoms with E-state index in [2.05, 4.69) is 5.32 Å². The number of nitrogens with one attached hydrogen (secondary N) is 1. The van der Waals surface area contributed by atoms with Gasteiger partial charge in [0.1, 0.15) is 5.41 Å². The summed E-state index contributed by atoms with van der Waals surface area (Å²) in [6, 6.07) is 5.49. The van der Waals surface area contributed by atoms with Crippen molar-refractivity contribution in [2.45, 2.75) is 13.8 Å². The number of urea groups is 1. The van der Waals surface area contributed by atoms with E-state index in [0.717, 1.165) is 4.90 Å². The van der Waals surface area contributed by atoms with Crippen LogP contribution in [0, 0.1) is 5.41 Å². The van der Waals surface area contributed by atoms with Crippen LogP contribution in [0.2, 0.25) is 5.02 Å². The highest BCUT2D eigenvalue weighted by atomic mass is 35.5. The Morgan fingerprint density at radius 1 is 1.11 bits per heavy atom. The summed E-state index contributed by atoms with van der Waals surface area (Å²) in [5.41, 5.74) is -0.893. The summed E-state index contributed by atoms with van der Waals surface area (Å²) in [5, 5.41) is 2.66. The smallest absolute Gasteiger partial charge is 0.276 e. The highest BCUT2D eigenvalue weighted by Crippen LogP contribution is 2.28. The number of amides is 4. The molecule has 1 aliphatic rings. The molecule has 94 valence electrons. The Morgan fingerprint density at radius 3 is 2.22 bits per heavy atom. The quantitative estimate of drug-likeness (QED) is 0.790. The van der Waals surface area contributed by atoms with Gasteiger partial charge in [-0.1, -0.05) is 11.6 Å². The number of carbonyl (C=O) groups excluding carboxylic acids is 3. The highest BCUT2D eigenvalue weighted by Gasteiger charge is 2.47. The topological polar surface area (TPSA) is 66.5 Å². The predicted molar refractivity (Wildman–Crippen MR) is 66.3 cm³/mol. The third-order valence-corrected chi connectivity index (χ3v) is 3.07. The molecular formula is C12H11ClN2O3. The van der Waals surface area contributed by atoms with Gasteiger partial charge in [-0.05, 0) is 38.1 Å². The molecule has 2 rings (SSSR count). The summed E-state index contributed by atoms with van der Waals surface area (Å²) in [4.78, 5) is 36.4. The molecule has 1 N–H and O–H groups in total. The number of hydrogen-bond donors (Lipinski definition) is 1. The van der Waals surface area contributed by atoms with Crippen LogP contribution in [-0.2, 0) is 9.59 Å². The van der Waals surface area contributed by atoms with Crippen molar-refractivity contribution in [2.24, 2.45) is 5.41 Å². The van der Waals surface area contributed by atoms with E-state index in [0.29, 0.717) is 10.7 Å². The van der Waals surface area contributed by atoms with Crippen molar-refractivity contribution in [1.29, 1.82) is 0 Å². The Kier molecular flexibility index (Phi) is 2.86. The molecule has 1 fully saturated rings. The van der Waals surface area contributed by atoms with Gasteiger partial charge in [-0.3, -0.25) is 14.9 Å². The summed E-state index contributed by atoms with van der Waals surface area (Å²) in [5.74, 6) is -1.15. The molecule has 1 aromatic rings. The monoisotopic (exact) mass is 266 g/mol. The number of anilines is 1. The second kappa shape index (κ2) is 4.10. The number of rotatable bonds is 1. The van der Waals surface area contributed by atoms with E-state index >= 15 is 0 Å². The number of barbiturate groups is 1. The maximum atomic E-state index is 12.2. The van der Waals surface area contributed by atoms with Gasteiger partial charge in [-0.2, -0.15) is 0 Å². The Hall–Kier alpha value is -1.88. The standard InChI is InChI=1S/C12H11ClN2O3/c1-12(2)9(16)14-11(18)15(10(12)17)8-5-3-7(13)4-6-8/h3-6H,1-2H3,(H,14,16,18). The third-order valence-electron chi connectivity index (χ3n) is 2.81. The van der Waals surface area contributed by atoms with E-state index in [1.807, 2.05) is 0 Å². The molecule has 0 atom stereocenters. The van der Waals surface area contributed by atoms with E-state index in [1.165, 1.54) is 13.8 Å². The second-order valence-electron chi connectivity index (χ2n) is 4.50. The van der Waals surface area contributed by atoms with Gasteiger partial charge in [-0.25, -0.2) is 9.69 Å². The molecule has 0 radical (unpaired) electrons. The fourth-order valence-electron chi connectivity index (χ4n) is 1.60. The Morgan fingerprint density at radius 2 is 1.67 bits per heavy atom. The molecule has 4 amide bonds. The molecule has 18 heavy (non-hydrogen) atoms. The number of imide groups is 2. The fraction of sp³-hybridized carbons (Fsp3) is 0.250. The molecule has 6 heteroatoms. The summed E-state index contributed by atoms with van der Waals surface area (Å²) < 4.78 is 0. The van der Waals surface area contributed by atoms with Gasteiger partial charge in [0.15, 0.2) is 0 Å². The lowest BCUT2D eigenvalue weighted by molar-refractivity contribution is -0.140. The molecule has 1 saturated heterocycles. The summed E-state index contributed by atoms with van der Waals surface area (Å²) >= 11 is 5.74. The predicted octanol–water partition coefficient (Wildman–Crippen LogP) is 1.95. The van der Waals surface area contributed by atoms with Gasteiger partial charge < -0.3 is 0 Å². The molecule has 0 aliphatic carbocycles. The molecule has 0 bridgehead atoms. The van der Waals surface area contributed by atoms with Crippen LogP contribution in [0.25, 0.3) is 0 Å². The largest absolute Gasteiger partial charge is 0.335 e. The van der Waals surface area contributed by atoms with Crippen molar-refractivity contribution < 1.29 is 14.4 Å². The normalized spacial score (nSPS) is 18.8. The van der Waals surface area contributed by atoms with E-state index in [1.54, 1.807) is 24.3 Å². The van der Waals surface area contributed by atoms with Gasteiger partial charge in [0, 0.05) is 5.02 Å². The van der Waals surface area contributed by atoms with Gasteiger partial charge in [-0.15, -0.1) is 0 Å². The molecule has 5 nitrogen and oxygen atoms in total. The van der Waals surface area contributed by atoms with Crippen LogP contribution in [-0.4, -0.2) is 17.8 Å². The maximum absolute atomic E-state index is 12.2. The van der Waals surface area contributed by atoms with E-state index in [-0.39, 0.29) is 0 Å². The second-order valence-corrected chi connectivity index (χ2v) is 4.94. The number of nitrogens with zero attached hydrogens (tertiary/aromatic N) is 1. The summed E-state index contributed by atoms with van der Waals surface area (Å²) in [6.07, 6.45) is 0. The molecule has 0 spiro atoms. The molecule has 1 aromatic carbocycles. The van der Waals surface area contributed by atoms with Crippen molar-refractivity contribution in [2.75, 3.05) is 4.90 Å². The zero-order valence-corrected chi connectivity index (χ0v) is 10.6. The number of halogens is 1. The van der Waals surface area contributed by atoms with E-state index < -0.39 is 23.3 Å². The Bertz CT molecular complexity index is 537. The van der Waals surface area contributed by atoms with Crippen molar-refractivity contribution in [1.82, 2.24) is 5.32 Å². The van der Waals surface area contributed by atoms with Crippen molar-refractivity contribution in [3.63, 3.8) is 0 Å². The van der Waals surface area contributed by atoms with Gasteiger partial charge in [0.25, 0.3) is 0 Å². The first-order valence-corrected chi connectivity index (χ1v) is 5.67. The van der Waals surface area contributed by atoms with Crippen LogP contribution in [0.4, 0.5) is 10.5 Å². The lowest BCUT2D eigenvalue weighted by Crippen LogP contribution is -2.62. The third kappa shape index (κ3) is 1.86. The van der Waals surface area contributed by atoms with E-state index in [4.69, 9.17) is 11.6 Å². The van der Waals surface area contributed by atoms with Gasteiger partial charge >= 0.3 is 6.03 Å². The zero-order valence-electron chi connectivity index (χ0n) is 9.86. The average molecular weight is 267 g/mol. The molecule has 0 unspecified atom stereocenters. The first-order valence-electron chi connectivity index (χ1n) is 5.29.